The zero-order valence-corrected chi connectivity index (χ0v) is 15.9. The first-order valence-corrected chi connectivity index (χ1v) is 9.54. The Labute approximate surface area is 163 Å². The van der Waals surface area contributed by atoms with Gasteiger partial charge in [-0.1, -0.05) is 41.9 Å². The molecule has 2 aromatic carbocycles. The Balaban J connectivity index is 1.48. The van der Waals surface area contributed by atoms with Crippen LogP contribution in [0.2, 0.25) is 5.02 Å². The first-order chi connectivity index (χ1) is 13.1. The number of amides is 1. The van der Waals surface area contributed by atoms with E-state index in [1.807, 2.05) is 48.2 Å². The van der Waals surface area contributed by atoms with Crippen molar-refractivity contribution in [3.8, 4) is 11.5 Å². The Morgan fingerprint density at radius 1 is 1.15 bits per heavy atom. The number of carbonyl (C=O) groups excluding carboxylic acids is 1. The van der Waals surface area contributed by atoms with Crippen molar-refractivity contribution < 1.29 is 19.0 Å². The molecule has 0 radical (unpaired) electrons. The number of carbonyl (C=O) groups is 1. The van der Waals surface area contributed by atoms with Gasteiger partial charge in [-0.15, -0.1) is 0 Å². The molecule has 0 N–H and O–H groups in total. The van der Waals surface area contributed by atoms with E-state index in [2.05, 4.69) is 0 Å². The van der Waals surface area contributed by atoms with Gasteiger partial charge in [0.15, 0.2) is 11.5 Å². The largest absolute Gasteiger partial charge is 0.486 e. The molecule has 0 aliphatic carbocycles. The van der Waals surface area contributed by atoms with Gasteiger partial charge >= 0.3 is 0 Å². The van der Waals surface area contributed by atoms with Crippen LogP contribution in [-0.2, 0) is 16.0 Å². The molecule has 5 nitrogen and oxygen atoms in total. The van der Waals surface area contributed by atoms with Crippen molar-refractivity contribution in [3.05, 3.63) is 58.6 Å². The minimum atomic E-state index is -0.109. The third-order valence-electron chi connectivity index (χ3n) is 4.80. The van der Waals surface area contributed by atoms with E-state index in [1.54, 1.807) is 6.07 Å². The molecular weight excluding hydrogens is 366 g/mol. The highest BCUT2D eigenvalue weighted by Gasteiger charge is 2.29. The number of nitrogens with zero attached hydrogens (tertiary/aromatic N) is 1. The number of halogens is 1. The predicted octanol–water partition coefficient (Wildman–Crippen LogP) is 3.64. The Morgan fingerprint density at radius 2 is 1.93 bits per heavy atom. The van der Waals surface area contributed by atoms with Crippen molar-refractivity contribution >= 4 is 17.5 Å². The van der Waals surface area contributed by atoms with Gasteiger partial charge in [0.25, 0.3) is 0 Å². The first kappa shape index (κ1) is 18.1. The molecule has 2 aliphatic heterocycles. The minimum Gasteiger partial charge on any atom is -0.486 e. The number of hydrogen-bond acceptors (Lipinski definition) is 4. The molecule has 0 bridgehead atoms. The fourth-order valence-electron chi connectivity index (χ4n) is 3.56. The second kappa shape index (κ2) is 7.79. The maximum absolute atomic E-state index is 12.9. The van der Waals surface area contributed by atoms with Crippen LogP contribution >= 0.6 is 11.6 Å². The average molecular weight is 388 g/mol. The molecule has 142 valence electrons. The van der Waals surface area contributed by atoms with Gasteiger partial charge in [0.2, 0.25) is 5.91 Å². The molecule has 2 atom stereocenters. The minimum absolute atomic E-state index is 0.0169. The fraction of sp³-hybridized carbons (Fsp3) is 0.381. The van der Waals surface area contributed by atoms with E-state index in [-0.39, 0.29) is 24.5 Å². The molecule has 27 heavy (non-hydrogen) atoms. The van der Waals surface area contributed by atoms with Crippen LogP contribution in [0.4, 0.5) is 0 Å². The maximum atomic E-state index is 12.9. The molecule has 0 spiro atoms. The summed E-state index contributed by atoms with van der Waals surface area (Å²) in [6.45, 7) is 4.10. The van der Waals surface area contributed by atoms with Crippen LogP contribution < -0.4 is 9.47 Å². The molecule has 1 fully saturated rings. The second-order valence-corrected chi connectivity index (χ2v) is 7.33. The summed E-state index contributed by atoms with van der Waals surface area (Å²) in [7, 11) is 0. The summed E-state index contributed by atoms with van der Waals surface area (Å²) < 4.78 is 17.2. The van der Waals surface area contributed by atoms with Crippen molar-refractivity contribution in [2.75, 3.05) is 26.3 Å². The normalized spacial score (nSPS) is 21.8. The van der Waals surface area contributed by atoms with Crippen molar-refractivity contribution in [3.63, 3.8) is 0 Å². The molecule has 2 unspecified atom stereocenters. The predicted molar refractivity (Wildman–Crippen MR) is 102 cm³/mol. The molecule has 2 heterocycles. The van der Waals surface area contributed by atoms with Crippen LogP contribution in [0.5, 0.6) is 11.5 Å². The first-order valence-electron chi connectivity index (χ1n) is 9.16. The molecule has 4 rings (SSSR count). The number of ether oxygens (including phenoxy) is 3. The topological polar surface area (TPSA) is 48.0 Å². The Morgan fingerprint density at radius 3 is 2.74 bits per heavy atom. The van der Waals surface area contributed by atoms with E-state index in [9.17, 15) is 4.79 Å². The third-order valence-corrected chi connectivity index (χ3v) is 5.08. The summed E-state index contributed by atoms with van der Waals surface area (Å²) in [5.41, 5.74) is 1.91. The quantitative estimate of drug-likeness (QED) is 0.806. The van der Waals surface area contributed by atoms with Crippen LogP contribution in [0.1, 0.15) is 24.2 Å². The second-order valence-electron chi connectivity index (χ2n) is 6.92. The Bertz CT molecular complexity index is 826. The zero-order valence-electron chi connectivity index (χ0n) is 15.2. The van der Waals surface area contributed by atoms with E-state index in [0.29, 0.717) is 42.8 Å². The Kier molecular flexibility index (Phi) is 5.23. The van der Waals surface area contributed by atoms with E-state index >= 15 is 0 Å². The van der Waals surface area contributed by atoms with Crippen molar-refractivity contribution in [1.29, 1.82) is 0 Å². The van der Waals surface area contributed by atoms with Crippen molar-refractivity contribution in [2.24, 2.45) is 0 Å². The highest BCUT2D eigenvalue weighted by Crippen LogP contribution is 2.38. The lowest BCUT2D eigenvalue weighted by Gasteiger charge is -2.37. The van der Waals surface area contributed by atoms with E-state index in [0.717, 1.165) is 11.1 Å². The fourth-order valence-corrected chi connectivity index (χ4v) is 3.85. The van der Waals surface area contributed by atoms with Gasteiger partial charge < -0.3 is 19.1 Å². The van der Waals surface area contributed by atoms with Gasteiger partial charge in [0, 0.05) is 6.54 Å². The van der Waals surface area contributed by atoms with Gasteiger partial charge in [0.1, 0.15) is 19.3 Å². The van der Waals surface area contributed by atoms with E-state index in [1.165, 1.54) is 0 Å². The molecule has 1 amide bonds. The van der Waals surface area contributed by atoms with E-state index in [4.69, 9.17) is 25.8 Å². The highest BCUT2D eigenvalue weighted by molar-refractivity contribution is 6.32. The zero-order chi connectivity index (χ0) is 18.8. The van der Waals surface area contributed by atoms with Crippen LogP contribution in [0.25, 0.3) is 0 Å². The van der Waals surface area contributed by atoms with Crippen LogP contribution in [0.15, 0.2) is 42.5 Å². The molecule has 0 aromatic heterocycles. The average Bonchev–Trinajstić information content (AvgIpc) is 2.68. The van der Waals surface area contributed by atoms with Gasteiger partial charge in [0.05, 0.1) is 24.1 Å². The SMILES string of the molecule is CC1CN(C(=O)Cc2cc(Cl)c3c(c2)OCCO3)CC(c2ccccc2)O1. The molecule has 0 saturated carbocycles. The lowest BCUT2D eigenvalue weighted by atomic mass is 10.1. The number of morpholine rings is 1. The third kappa shape index (κ3) is 4.04. The van der Waals surface area contributed by atoms with Gasteiger partial charge in [-0.25, -0.2) is 0 Å². The van der Waals surface area contributed by atoms with Crippen LogP contribution in [-0.4, -0.2) is 43.2 Å². The molecule has 2 aliphatic rings. The molecule has 6 heteroatoms. The number of hydrogen-bond donors (Lipinski definition) is 0. The van der Waals surface area contributed by atoms with Gasteiger partial charge in [-0.2, -0.15) is 0 Å². The van der Waals surface area contributed by atoms with Gasteiger partial charge in [-0.05, 0) is 30.2 Å². The number of fused-ring (bicyclic) bond motifs is 1. The van der Waals surface area contributed by atoms with E-state index < -0.39 is 0 Å². The number of benzene rings is 2. The standard InChI is InChI=1S/C21H22ClNO4/c1-14-12-23(13-19(27-14)16-5-3-2-4-6-16)20(24)11-15-9-17(22)21-18(10-15)25-7-8-26-21/h2-6,9-10,14,19H,7-8,11-13H2,1H3. The van der Waals surface area contributed by atoms with Crippen LogP contribution in [0.3, 0.4) is 0 Å². The molecule has 2 aromatic rings. The van der Waals surface area contributed by atoms with Gasteiger partial charge in [-0.3, -0.25) is 4.79 Å². The summed E-state index contributed by atoms with van der Waals surface area (Å²) >= 11 is 6.29. The van der Waals surface area contributed by atoms with Crippen molar-refractivity contribution in [2.45, 2.75) is 25.6 Å². The smallest absolute Gasteiger partial charge is 0.227 e. The van der Waals surface area contributed by atoms with Crippen molar-refractivity contribution in [1.82, 2.24) is 4.90 Å². The van der Waals surface area contributed by atoms with Crippen LogP contribution in [0, 0.1) is 0 Å². The Hall–Kier alpha value is -2.24. The maximum Gasteiger partial charge on any atom is 0.227 e. The summed E-state index contributed by atoms with van der Waals surface area (Å²) in [6, 6.07) is 13.6. The molecule has 1 saturated heterocycles. The lowest BCUT2D eigenvalue weighted by molar-refractivity contribution is -0.144. The highest BCUT2D eigenvalue weighted by atomic mass is 35.5. The number of rotatable bonds is 3. The summed E-state index contributed by atoms with van der Waals surface area (Å²) in [5.74, 6) is 1.22. The molecular formula is C21H22ClNO4. The summed E-state index contributed by atoms with van der Waals surface area (Å²) in [5, 5.41) is 0.479. The lowest BCUT2D eigenvalue weighted by Crippen LogP contribution is -2.46. The monoisotopic (exact) mass is 387 g/mol. The summed E-state index contributed by atoms with van der Waals surface area (Å²) in [4.78, 5) is 14.8. The summed E-state index contributed by atoms with van der Waals surface area (Å²) in [6.07, 6.45) is 0.143.